The number of ether oxygens (including phenoxy) is 2. The molecule has 0 spiro atoms. The van der Waals surface area contributed by atoms with Crippen molar-refractivity contribution in [2.24, 2.45) is 0 Å². The van der Waals surface area contributed by atoms with Crippen LogP contribution in [0.4, 0.5) is 4.39 Å². The summed E-state index contributed by atoms with van der Waals surface area (Å²) in [4.78, 5) is 18.6. The van der Waals surface area contributed by atoms with Gasteiger partial charge in [0.05, 0.1) is 13.2 Å². The maximum Gasteiger partial charge on any atom is 0.320 e. The SMILES string of the molecule is COCc1cc(-c2nc(-c3ccc(CN(C)CC(=O)OC(C)(C)C)cc3)no2)ccc1-c1cccc(F)c1C. The van der Waals surface area contributed by atoms with Crippen LogP contribution in [0.1, 0.15) is 37.5 Å². The zero-order chi connectivity index (χ0) is 28.2. The zero-order valence-corrected chi connectivity index (χ0v) is 23.2. The summed E-state index contributed by atoms with van der Waals surface area (Å²) in [6.45, 7) is 8.48. The number of aromatic nitrogens is 2. The van der Waals surface area contributed by atoms with Gasteiger partial charge in [0, 0.05) is 24.8 Å². The highest BCUT2D eigenvalue weighted by Crippen LogP contribution is 2.32. The first kappa shape index (κ1) is 28.1. The topological polar surface area (TPSA) is 77.7 Å². The van der Waals surface area contributed by atoms with Gasteiger partial charge in [-0.15, -0.1) is 0 Å². The third-order valence-electron chi connectivity index (χ3n) is 6.12. The van der Waals surface area contributed by atoms with E-state index in [2.05, 4.69) is 10.1 Å². The van der Waals surface area contributed by atoms with Crippen LogP contribution >= 0.6 is 0 Å². The summed E-state index contributed by atoms with van der Waals surface area (Å²) < 4.78 is 30.6. The van der Waals surface area contributed by atoms with Crippen molar-refractivity contribution in [1.29, 1.82) is 0 Å². The lowest BCUT2D eigenvalue weighted by molar-refractivity contribution is -0.155. The van der Waals surface area contributed by atoms with Gasteiger partial charge in [-0.05, 0) is 80.8 Å². The molecule has 4 aromatic rings. The van der Waals surface area contributed by atoms with Crippen LogP contribution < -0.4 is 0 Å². The third kappa shape index (κ3) is 7.16. The number of esters is 1. The molecule has 0 saturated heterocycles. The molecule has 1 heterocycles. The molecular weight excluding hydrogens is 497 g/mol. The fourth-order valence-corrected chi connectivity index (χ4v) is 4.34. The van der Waals surface area contributed by atoms with Gasteiger partial charge in [-0.2, -0.15) is 4.98 Å². The summed E-state index contributed by atoms with van der Waals surface area (Å²) in [5.74, 6) is 0.346. The Bertz CT molecular complexity index is 1440. The van der Waals surface area contributed by atoms with Gasteiger partial charge in [0.1, 0.15) is 11.4 Å². The fraction of sp³-hybridized carbons (Fsp3) is 0.323. The first-order valence-corrected chi connectivity index (χ1v) is 12.7. The molecular formula is C31H34FN3O4. The number of halogens is 1. The highest BCUT2D eigenvalue weighted by atomic mass is 19.1. The van der Waals surface area contributed by atoms with Crippen LogP contribution in [0.2, 0.25) is 0 Å². The predicted molar refractivity (Wildman–Crippen MR) is 148 cm³/mol. The quantitative estimate of drug-likeness (QED) is 0.230. The Balaban J connectivity index is 1.49. The monoisotopic (exact) mass is 531 g/mol. The highest BCUT2D eigenvalue weighted by Gasteiger charge is 2.18. The summed E-state index contributed by atoms with van der Waals surface area (Å²) in [5, 5.41) is 4.17. The smallest absolute Gasteiger partial charge is 0.320 e. The van der Waals surface area contributed by atoms with E-state index in [-0.39, 0.29) is 18.3 Å². The number of benzene rings is 3. The lowest BCUT2D eigenvalue weighted by Gasteiger charge is -2.22. The molecule has 0 unspecified atom stereocenters. The molecule has 0 N–H and O–H groups in total. The molecule has 0 saturated carbocycles. The molecule has 0 amide bonds. The minimum Gasteiger partial charge on any atom is -0.459 e. The number of hydrogen-bond acceptors (Lipinski definition) is 7. The van der Waals surface area contributed by atoms with Crippen molar-refractivity contribution in [1.82, 2.24) is 15.0 Å². The molecule has 3 aromatic carbocycles. The van der Waals surface area contributed by atoms with E-state index < -0.39 is 5.60 Å². The van der Waals surface area contributed by atoms with Crippen molar-refractivity contribution in [3.63, 3.8) is 0 Å². The van der Waals surface area contributed by atoms with Crippen LogP contribution in [0.25, 0.3) is 34.0 Å². The molecule has 204 valence electrons. The van der Waals surface area contributed by atoms with Gasteiger partial charge < -0.3 is 14.0 Å². The lowest BCUT2D eigenvalue weighted by atomic mass is 9.94. The Morgan fingerprint density at radius 3 is 2.44 bits per heavy atom. The number of hydrogen-bond donors (Lipinski definition) is 0. The number of likely N-dealkylation sites (N-methyl/N-ethyl adjacent to an activating group) is 1. The Hall–Kier alpha value is -3.88. The maximum atomic E-state index is 14.2. The minimum absolute atomic E-state index is 0.204. The Morgan fingerprint density at radius 1 is 1.03 bits per heavy atom. The molecule has 0 atom stereocenters. The van der Waals surface area contributed by atoms with Crippen molar-refractivity contribution in [2.75, 3.05) is 20.7 Å². The van der Waals surface area contributed by atoms with E-state index in [1.807, 2.05) is 81.2 Å². The second kappa shape index (κ2) is 11.9. The molecule has 0 aliphatic heterocycles. The molecule has 0 aliphatic carbocycles. The van der Waals surface area contributed by atoms with E-state index in [1.165, 1.54) is 6.07 Å². The second-order valence-corrected chi connectivity index (χ2v) is 10.6. The lowest BCUT2D eigenvalue weighted by Crippen LogP contribution is -2.32. The Morgan fingerprint density at radius 2 is 1.74 bits per heavy atom. The third-order valence-corrected chi connectivity index (χ3v) is 6.12. The summed E-state index contributed by atoms with van der Waals surface area (Å²) in [7, 11) is 3.50. The Labute approximate surface area is 228 Å². The van der Waals surface area contributed by atoms with Crippen molar-refractivity contribution in [3.05, 3.63) is 83.2 Å². The number of methoxy groups -OCH3 is 1. The van der Waals surface area contributed by atoms with Gasteiger partial charge in [-0.1, -0.05) is 47.6 Å². The first-order valence-electron chi connectivity index (χ1n) is 12.7. The number of rotatable bonds is 9. The van der Waals surface area contributed by atoms with Crippen LogP contribution in [0.5, 0.6) is 0 Å². The maximum absolute atomic E-state index is 14.2. The molecule has 39 heavy (non-hydrogen) atoms. The summed E-state index contributed by atoms with van der Waals surface area (Å²) in [5.41, 5.74) is 5.29. The van der Waals surface area contributed by atoms with E-state index >= 15 is 0 Å². The standard InChI is InChI=1S/C31H34FN3O4/c1-20-25(8-7-9-27(20)32)26-15-14-23(16-24(26)19-37-6)30-33-29(34-39-30)22-12-10-21(11-13-22)17-35(5)18-28(36)38-31(2,3)4/h7-16H,17-19H2,1-6H3. The van der Waals surface area contributed by atoms with E-state index in [9.17, 15) is 9.18 Å². The fourth-order valence-electron chi connectivity index (χ4n) is 4.34. The summed E-state index contributed by atoms with van der Waals surface area (Å²) >= 11 is 0. The van der Waals surface area contributed by atoms with Gasteiger partial charge >= 0.3 is 5.97 Å². The van der Waals surface area contributed by atoms with Gasteiger partial charge in [0.2, 0.25) is 5.82 Å². The van der Waals surface area contributed by atoms with Crippen molar-refractivity contribution in [3.8, 4) is 34.0 Å². The molecule has 1 aromatic heterocycles. The summed E-state index contributed by atoms with van der Waals surface area (Å²) in [6.07, 6.45) is 0. The first-order chi connectivity index (χ1) is 18.5. The molecule has 0 radical (unpaired) electrons. The molecule has 0 bridgehead atoms. The van der Waals surface area contributed by atoms with E-state index in [4.69, 9.17) is 14.0 Å². The van der Waals surface area contributed by atoms with E-state index in [1.54, 1.807) is 20.1 Å². The highest BCUT2D eigenvalue weighted by molar-refractivity contribution is 5.74. The van der Waals surface area contributed by atoms with Gasteiger partial charge in [-0.25, -0.2) is 4.39 Å². The summed E-state index contributed by atoms with van der Waals surface area (Å²) in [6, 6.07) is 18.6. The minimum atomic E-state index is -0.503. The van der Waals surface area contributed by atoms with Crippen LogP contribution in [0.3, 0.4) is 0 Å². The van der Waals surface area contributed by atoms with E-state index in [0.29, 0.717) is 30.4 Å². The Kier molecular flexibility index (Phi) is 8.57. The molecule has 0 fully saturated rings. The average molecular weight is 532 g/mol. The van der Waals surface area contributed by atoms with Gasteiger partial charge in [0.25, 0.3) is 5.89 Å². The number of nitrogens with zero attached hydrogens (tertiary/aromatic N) is 3. The largest absolute Gasteiger partial charge is 0.459 e. The van der Waals surface area contributed by atoms with Crippen molar-refractivity contribution in [2.45, 2.75) is 46.4 Å². The van der Waals surface area contributed by atoms with Gasteiger partial charge in [0.15, 0.2) is 0 Å². The average Bonchev–Trinajstić information content (AvgIpc) is 3.36. The van der Waals surface area contributed by atoms with Crippen LogP contribution in [-0.2, 0) is 27.4 Å². The molecule has 7 nitrogen and oxygen atoms in total. The number of carbonyl (C=O) groups excluding carboxylic acids is 1. The zero-order valence-electron chi connectivity index (χ0n) is 23.2. The van der Waals surface area contributed by atoms with Crippen molar-refractivity contribution >= 4 is 5.97 Å². The van der Waals surface area contributed by atoms with Crippen LogP contribution in [0, 0.1) is 12.7 Å². The normalized spacial score (nSPS) is 11.7. The van der Waals surface area contributed by atoms with Crippen molar-refractivity contribution < 1.29 is 23.2 Å². The molecule has 0 aliphatic rings. The van der Waals surface area contributed by atoms with Gasteiger partial charge in [-0.3, -0.25) is 9.69 Å². The van der Waals surface area contributed by atoms with Crippen LogP contribution in [0.15, 0.2) is 65.2 Å². The second-order valence-electron chi connectivity index (χ2n) is 10.6. The molecule has 8 heteroatoms. The van der Waals surface area contributed by atoms with Crippen LogP contribution in [-0.4, -0.2) is 47.3 Å². The van der Waals surface area contributed by atoms with E-state index in [0.717, 1.165) is 33.4 Å². The molecule has 4 rings (SSSR count). The number of carbonyl (C=O) groups is 1. The predicted octanol–water partition coefficient (Wildman–Crippen LogP) is 6.44.